The molecule has 202 valence electrons. The minimum absolute atomic E-state index is 0.886. The molecule has 0 radical (unpaired) electrons. The molecule has 0 aliphatic rings. The Labute approximate surface area is 252 Å². The lowest BCUT2D eigenvalue weighted by atomic mass is 10.0. The van der Waals surface area contributed by atoms with Crippen LogP contribution in [0.2, 0.25) is 0 Å². The fourth-order valence-electron chi connectivity index (χ4n) is 6.50. The molecule has 7 aromatic carbocycles. The summed E-state index contributed by atoms with van der Waals surface area (Å²) < 4.78 is 9.30. The maximum atomic E-state index is 6.65. The van der Waals surface area contributed by atoms with Crippen molar-refractivity contribution in [3.63, 3.8) is 0 Å². The summed E-state index contributed by atoms with van der Waals surface area (Å²) in [5, 5.41) is 7.35. The zero-order valence-corrected chi connectivity index (χ0v) is 24.0. The van der Waals surface area contributed by atoms with E-state index in [0.717, 1.165) is 39.0 Å². The van der Waals surface area contributed by atoms with Gasteiger partial charge < -0.3 is 9.32 Å². The molecule has 9 aromatic rings. The highest BCUT2D eigenvalue weighted by Gasteiger charge is 2.20. The minimum Gasteiger partial charge on any atom is -0.454 e. The highest BCUT2D eigenvalue weighted by Crippen LogP contribution is 2.45. The second kappa shape index (κ2) is 9.59. The molecule has 0 unspecified atom stereocenters. The maximum Gasteiger partial charge on any atom is 0.159 e. The van der Waals surface area contributed by atoms with Crippen LogP contribution in [-0.2, 0) is 0 Å². The van der Waals surface area contributed by atoms with E-state index in [4.69, 9.17) is 4.42 Å². The number of furan rings is 1. The van der Waals surface area contributed by atoms with Crippen LogP contribution in [-0.4, -0.2) is 0 Å². The number of nitrogens with zero attached hydrogens (tertiary/aromatic N) is 1. The lowest BCUT2D eigenvalue weighted by Crippen LogP contribution is -2.10. The van der Waals surface area contributed by atoms with Crippen molar-refractivity contribution >= 4 is 81.3 Å². The monoisotopic (exact) mass is 567 g/mol. The SMILES string of the molecule is c1ccc(N(c2ccc(-c3cccc4c3sc3ccccc34)cc2)c2cccc3c2oc2ccc4ccccc4c23)cc1. The summed E-state index contributed by atoms with van der Waals surface area (Å²) in [6.07, 6.45) is 0. The van der Waals surface area contributed by atoms with Crippen LogP contribution < -0.4 is 4.90 Å². The molecule has 2 nitrogen and oxygen atoms in total. The third kappa shape index (κ3) is 3.79. The third-order valence-electron chi connectivity index (χ3n) is 8.46. The Kier molecular flexibility index (Phi) is 5.40. The van der Waals surface area contributed by atoms with Crippen LogP contribution in [0.15, 0.2) is 156 Å². The summed E-state index contributed by atoms with van der Waals surface area (Å²) in [4.78, 5) is 2.30. The van der Waals surface area contributed by atoms with Gasteiger partial charge in [0.05, 0.1) is 5.69 Å². The minimum atomic E-state index is 0.886. The first kappa shape index (κ1) is 24.2. The van der Waals surface area contributed by atoms with Crippen molar-refractivity contribution in [2.75, 3.05) is 4.90 Å². The molecule has 0 saturated carbocycles. The molecule has 0 aliphatic carbocycles. The summed E-state index contributed by atoms with van der Waals surface area (Å²) >= 11 is 1.87. The van der Waals surface area contributed by atoms with Gasteiger partial charge in [-0.2, -0.15) is 0 Å². The van der Waals surface area contributed by atoms with Gasteiger partial charge in [-0.1, -0.05) is 109 Å². The predicted molar refractivity (Wildman–Crippen MR) is 184 cm³/mol. The quantitative estimate of drug-likeness (QED) is 0.210. The summed E-state index contributed by atoms with van der Waals surface area (Å²) in [5.74, 6) is 0. The number of hydrogen-bond acceptors (Lipinski definition) is 3. The Morgan fingerprint density at radius 2 is 1.19 bits per heavy atom. The average molecular weight is 568 g/mol. The maximum absolute atomic E-state index is 6.65. The van der Waals surface area contributed by atoms with Gasteiger partial charge in [0.25, 0.3) is 0 Å². The Morgan fingerprint density at radius 3 is 2.07 bits per heavy atom. The van der Waals surface area contributed by atoms with E-state index in [2.05, 4.69) is 157 Å². The van der Waals surface area contributed by atoms with Gasteiger partial charge in [0.2, 0.25) is 0 Å². The van der Waals surface area contributed by atoms with Crippen LogP contribution >= 0.6 is 11.3 Å². The standard InChI is InChI=1S/C40H25NOS/c1-2-11-28(12-3-1)41(35-18-9-17-34-38-30-13-5-4-10-26(30)22-25-36(38)42-39(34)35)29-23-20-27(21-24-29)31-15-8-16-33-32-14-6-7-19-37(32)43-40(31)33/h1-25H. The van der Waals surface area contributed by atoms with Gasteiger partial charge in [0, 0.05) is 42.3 Å². The number of benzene rings is 7. The number of thiophene rings is 1. The third-order valence-corrected chi connectivity index (χ3v) is 9.68. The highest BCUT2D eigenvalue weighted by molar-refractivity contribution is 7.26. The van der Waals surface area contributed by atoms with E-state index >= 15 is 0 Å². The summed E-state index contributed by atoms with van der Waals surface area (Å²) in [6, 6.07) is 54.1. The lowest BCUT2D eigenvalue weighted by Gasteiger charge is -2.25. The summed E-state index contributed by atoms with van der Waals surface area (Å²) in [5.41, 5.74) is 7.45. The predicted octanol–water partition coefficient (Wildman–Crippen LogP) is 12.2. The van der Waals surface area contributed by atoms with Crippen molar-refractivity contribution in [2.45, 2.75) is 0 Å². The van der Waals surface area contributed by atoms with Crippen molar-refractivity contribution in [3.8, 4) is 11.1 Å². The normalized spacial score (nSPS) is 11.7. The molecule has 0 fully saturated rings. The van der Waals surface area contributed by atoms with Crippen LogP contribution in [0.5, 0.6) is 0 Å². The van der Waals surface area contributed by atoms with E-state index in [1.54, 1.807) is 0 Å². The Balaban J connectivity index is 1.22. The molecule has 0 aliphatic heterocycles. The van der Waals surface area contributed by atoms with Gasteiger partial charge in [-0.25, -0.2) is 0 Å². The van der Waals surface area contributed by atoms with E-state index < -0.39 is 0 Å². The van der Waals surface area contributed by atoms with Gasteiger partial charge in [0.15, 0.2) is 5.58 Å². The number of anilines is 3. The molecule has 3 heteroatoms. The van der Waals surface area contributed by atoms with Gasteiger partial charge in [0.1, 0.15) is 5.58 Å². The van der Waals surface area contributed by atoms with Crippen LogP contribution in [0.25, 0.3) is 64.0 Å². The largest absolute Gasteiger partial charge is 0.454 e. The fourth-order valence-corrected chi connectivity index (χ4v) is 7.74. The second-order valence-electron chi connectivity index (χ2n) is 10.9. The number of fused-ring (bicyclic) bond motifs is 8. The molecular weight excluding hydrogens is 543 g/mol. The van der Waals surface area contributed by atoms with E-state index in [-0.39, 0.29) is 0 Å². The Bertz CT molecular complexity index is 2450. The zero-order valence-electron chi connectivity index (χ0n) is 23.2. The van der Waals surface area contributed by atoms with Crippen LogP contribution in [0, 0.1) is 0 Å². The molecule has 43 heavy (non-hydrogen) atoms. The summed E-state index contributed by atoms with van der Waals surface area (Å²) in [7, 11) is 0. The van der Waals surface area contributed by atoms with Crippen molar-refractivity contribution in [1.82, 2.24) is 0 Å². The molecule has 0 saturated heterocycles. The van der Waals surface area contributed by atoms with Crippen molar-refractivity contribution < 1.29 is 4.42 Å². The molecular formula is C40H25NOS. The lowest BCUT2D eigenvalue weighted by molar-refractivity contribution is 0.669. The topological polar surface area (TPSA) is 16.4 Å². The van der Waals surface area contributed by atoms with Crippen LogP contribution in [0.4, 0.5) is 17.1 Å². The summed E-state index contributed by atoms with van der Waals surface area (Å²) in [6.45, 7) is 0. The molecule has 0 amide bonds. The van der Waals surface area contributed by atoms with E-state index in [0.29, 0.717) is 0 Å². The number of para-hydroxylation sites is 2. The first-order valence-corrected chi connectivity index (χ1v) is 15.3. The highest BCUT2D eigenvalue weighted by atomic mass is 32.1. The molecule has 2 aromatic heterocycles. The van der Waals surface area contributed by atoms with E-state index in [1.165, 1.54) is 42.1 Å². The van der Waals surface area contributed by atoms with Crippen LogP contribution in [0.3, 0.4) is 0 Å². The molecule has 0 spiro atoms. The van der Waals surface area contributed by atoms with E-state index in [9.17, 15) is 0 Å². The Morgan fingerprint density at radius 1 is 0.488 bits per heavy atom. The number of rotatable bonds is 4. The second-order valence-corrected chi connectivity index (χ2v) is 12.0. The average Bonchev–Trinajstić information content (AvgIpc) is 3.65. The molecule has 0 atom stereocenters. The van der Waals surface area contributed by atoms with E-state index in [1.807, 2.05) is 11.3 Å². The molecule has 0 N–H and O–H groups in total. The zero-order chi connectivity index (χ0) is 28.3. The smallest absolute Gasteiger partial charge is 0.159 e. The van der Waals surface area contributed by atoms with Gasteiger partial charge >= 0.3 is 0 Å². The molecule has 2 heterocycles. The first-order valence-electron chi connectivity index (χ1n) is 14.5. The van der Waals surface area contributed by atoms with Gasteiger partial charge in [-0.05, 0) is 64.4 Å². The number of hydrogen-bond donors (Lipinski definition) is 0. The molecule has 0 bridgehead atoms. The van der Waals surface area contributed by atoms with Gasteiger partial charge in [-0.3, -0.25) is 0 Å². The fraction of sp³-hybridized carbons (Fsp3) is 0. The van der Waals surface area contributed by atoms with Gasteiger partial charge in [-0.15, -0.1) is 11.3 Å². The van der Waals surface area contributed by atoms with Crippen molar-refractivity contribution in [2.24, 2.45) is 0 Å². The Hall–Kier alpha value is -5.38. The molecule has 9 rings (SSSR count). The van der Waals surface area contributed by atoms with Crippen molar-refractivity contribution in [1.29, 1.82) is 0 Å². The van der Waals surface area contributed by atoms with Crippen molar-refractivity contribution in [3.05, 3.63) is 152 Å². The van der Waals surface area contributed by atoms with Crippen LogP contribution in [0.1, 0.15) is 0 Å². The first-order chi connectivity index (χ1) is 21.3.